The Balaban J connectivity index is 2.19. The number of thioether (sulfide) groups is 1. The second-order valence-corrected chi connectivity index (χ2v) is 5.82. The summed E-state index contributed by atoms with van der Waals surface area (Å²) in [7, 11) is 0. The van der Waals surface area contributed by atoms with E-state index >= 15 is 0 Å². The molecule has 1 aliphatic heterocycles. The van der Waals surface area contributed by atoms with Crippen LogP contribution in [0.1, 0.15) is 43.2 Å². The number of rotatable bonds is 2. The molecule has 0 amide bonds. The van der Waals surface area contributed by atoms with E-state index in [4.69, 9.17) is 5.73 Å². The van der Waals surface area contributed by atoms with Gasteiger partial charge in [-0.25, -0.2) is 0 Å². The quantitative estimate of drug-likeness (QED) is 0.903. The molecule has 18 heavy (non-hydrogen) atoms. The maximum absolute atomic E-state index is 12.7. The maximum Gasteiger partial charge on any atom is 0.415 e. The summed E-state index contributed by atoms with van der Waals surface area (Å²) < 4.78 is 42.8. The lowest BCUT2D eigenvalue weighted by Crippen LogP contribution is -2.48. The molecule has 2 atom stereocenters. The van der Waals surface area contributed by atoms with Gasteiger partial charge >= 0.3 is 6.18 Å². The molecule has 8 heteroatoms. The zero-order valence-electron chi connectivity index (χ0n) is 9.83. The first-order valence-corrected chi connectivity index (χ1v) is 6.68. The van der Waals surface area contributed by atoms with Crippen LogP contribution in [0.25, 0.3) is 0 Å². The molecule has 0 spiro atoms. The van der Waals surface area contributed by atoms with Crippen molar-refractivity contribution in [2.24, 2.45) is 5.73 Å². The summed E-state index contributed by atoms with van der Waals surface area (Å²) in [6, 6.07) is 0. The molecule has 2 N–H and O–H groups in total. The predicted molar refractivity (Wildman–Crippen MR) is 60.9 cm³/mol. The highest BCUT2D eigenvalue weighted by Gasteiger charge is 2.53. The third-order valence-corrected chi connectivity index (χ3v) is 4.32. The Hall–Kier alpha value is -0.760. The van der Waals surface area contributed by atoms with Crippen molar-refractivity contribution in [2.75, 3.05) is 5.75 Å². The molecule has 1 aromatic rings. The molecule has 2 heterocycles. The van der Waals surface area contributed by atoms with E-state index in [0.29, 0.717) is 5.82 Å². The van der Waals surface area contributed by atoms with E-state index in [0.717, 1.165) is 31.9 Å². The topological polar surface area (TPSA) is 64.9 Å². The lowest BCUT2D eigenvalue weighted by molar-refractivity contribution is -0.190. The molecule has 102 valence electrons. The Bertz CT molecular complexity index is 413. The smallest absolute Gasteiger partial charge is 0.337 e. The number of nitrogens with two attached hydrogens (primary N) is 1. The van der Waals surface area contributed by atoms with Crippen molar-refractivity contribution in [1.29, 1.82) is 0 Å². The van der Waals surface area contributed by atoms with Gasteiger partial charge in [-0.2, -0.15) is 29.9 Å². The molecule has 2 unspecified atom stereocenters. The second kappa shape index (κ2) is 4.73. The van der Waals surface area contributed by atoms with Gasteiger partial charge in [0, 0.05) is 0 Å². The fourth-order valence-corrected chi connectivity index (χ4v) is 2.88. The van der Waals surface area contributed by atoms with E-state index in [9.17, 15) is 13.2 Å². The summed E-state index contributed by atoms with van der Waals surface area (Å²) in [5.74, 6) is 0.708. The first-order chi connectivity index (χ1) is 8.32. The molecule has 0 aromatic carbocycles. The molecule has 2 rings (SSSR count). The van der Waals surface area contributed by atoms with E-state index in [1.807, 2.05) is 0 Å². The summed E-state index contributed by atoms with van der Waals surface area (Å²) in [5.41, 5.74) is 2.63. The number of hydrogen-bond donors (Lipinski definition) is 1. The fourth-order valence-electron chi connectivity index (χ4n) is 1.64. The molecule has 1 aromatic heterocycles. The Morgan fingerprint density at radius 1 is 1.39 bits per heavy atom. The maximum atomic E-state index is 12.7. The van der Waals surface area contributed by atoms with E-state index < -0.39 is 17.6 Å². The van der Waals surface area contributed by atoms with Gasteiger partial charge in [-0.3, -0.25) is 0 Å². The molecule has 0 aliphatic carbocycles. The normalized spacial score (nSPS) is 24.8. The molecular weight excluding hydrogens is 267 g/mol. The molecule has 1 saturated heterocycles. The largest absolute Gasteiger partial charge is 0.415 e. The molecule has 1 aliphatic rings. The van der Waals surface area contributed by atoms with Crippen LogP contribution in [0.2, 0.25) is 0 Å². The number of alkyl halides is 3. The van der Waals surface area contributed by atoms with Crippen LogP contribution in [-0.4, -0.2) is 22.1 Å². The van der Waals surface area contributed by atoms with Gasteiger partial charge in [0.15, 0.2) is 11.4 Å². The SMILES string of the molecule is CC(N)(c1nc(C2CCCCS2)no1)C(F)(F)F. The van der Waals surface area contributed by atoms with Crippen molar-refractivity contribution in [1.82, 2.24) is 10.1 Å². The molecule has 1 fully saturated rings. The standard InChI is InChI=1S/C10H14F3N3OS/c1-9(14,10(11,12)13)8-15-7(16-17-8)6-4-2-3-5-18-6/h6H,2-5,14H2,1H3. The average molecular weight is 281 g/mol. The van der Waals surface area contributed by atoms with Gasteiger partial charge in [0.25, 0.3) is 5.89 Å². The van der Waals surface area contributed by atoms with Crippen molar-refractivity contribution in [3.05, 3.63) is 11.7 Å². The number of aromatic nitrogens is 2. The Morgan fingerprint density at radius 3 is 2.67 bits per heavy atom. The zero-order valence-corrected chi connectivity index (χ0v) is 10.6. The van der Waals surface area contributed by atoms with Crippen LogP contribution in [0.4, 0.5) is 13.2 Å². The molecule has 0 radical (unpaired) electrons. The predicted octanol–water partition coefficient (Wildman–Crippen LogP) is 2.76. The van der Waals surface area contributed by atoms with Crippen LogP contribution in [-0.2, 0) is 5.54 Å². The van der Waals surface area contributed by atoms with Crippen LogP contribution in [0.3, 0.4) is 0 Å². The van der Waals surface area contributed by atoms with Crippen LogP contribution in [0, 0.1) is 0 Å². The van der Waals surface area contributed by atoms with Crippen molar-refractivity contribution < 1.29 is 17.7 Å². The minimum atomic E-state index is -4.61. The average Bonchev–Trinajstić information content (AvgIpc) is 2.78. The van der Waals surface area contributed by atoms with Crippen molar-refractivity contribution in [2.45, 2.75) is 43.2 Å². The number of hydrogen-bond acceptors (Lipinski definition) is 5. The lowest BCUT2D eigenvalue weighted by atomic mass is 10.0. The van der Waals surface area contributed by atoms with E-state index in [1.165, 1.54) is 0 Å². The van der Waals surface area contributed by atoms with E-state index in [1.54, 1.807) is 11.8 Å². The zero-order chi connectivity index (χ0) is 13.4. The van der Waals surface area contributed by atoms with Crippen LogP contribution < -0.4 is 5.73 Å². The van der Waals surface area contributed by atoms with E-state index in [-0.39, 0.29) is 5.25 Å². The van der Waals surface area contributed by atoms with Gasteiger partial charge in [0.1, 0.15) is 0 Å². The lowest BCUT2D eigenvalue weighted by Gasteiger charge is -2.23. The molecule has 0 saturated carbocycles. The Kier molecular flexibility index (Phi) is 3.59. The van der Waals surface area contributed by atoms with Crippen molar-refractivity contribution in [3.8, 4) is 0 Å². The van der Waals surface area contributed by atoms with Crippen molar-refractivity contribution in [3.63, 3.8) is 0 Å². The summed E-state index contributed by atoms with van der Waals surface area (Å²) in [6.45, 7) is 0.832. The van der Waals surface area contributed by atoms with Crippen LogP contribution in [0.5, 0.6) is 0 Å². The highest BCUT2D eigenvalue weighted by molar-refractivity contribution is 7.99. The van der Waals surface area contributed by atoms with Gasteiger partial charge in [0.2, 0.25) is 0 Å². The summed E-state index contributed by atoms with van der Waals surface area (Å²) >= 11 is 1.64. The first kappa shape index (κ1) is 13.7. The monoisotopic (exact) mass is 281 g/mol. The Morgan fingerprint density at radius 2 is 2.11 bits per heavy atom. The van der Waals surface area contributed by atoms with Crippen LogP contribution >= 0.6 is 11.8 Å². The molecule has 0 bridgehead atoms. The first-order valence-electron chi connectivity index (χ1n) is 5.63. The number of halogens is 3. The fraction of sp³-hybridized carbons (Fsp3) is 0.800. The molecule has 4 nitrogen and oxygen atoms in total. The summed E-state index contributed by atoms with van der Waals surface area (Å²) in [6.07, 6.45) is -1.61. The third kappa shape index (κ3) is 2.49. The van der Waals surface area contributed by atoms with Gasteiger partial charge in [-0.15, -0.1) is 0 Å². The minimum absolute atomic E-state index is 0.0142. The number of nitrogens with zero attached hydrogens (tertiary/aromatic N) is 2. The molecular formula is C10H14F3N3OS. The highest BCUT2D eigenvalue weighted by Crippen LogP contribution is 2.39. The van der Waals surface area contributed by atoms with Crippen LogP contribution in [0.15, 0.2) is 4.52 Å². The minimum Gasteiger partial charge on any atom is -0.337 e. The van der Waals surface area contributed by atoms with E-state index in [2.05, 4.69) is 14.7 Å². The summed E-state index contributed by atoms with van der Waals surface area (Å²) in [4.78, 5) is 3.83. The highest BCUT2D eigenvalue weighted by atomic mass is 32.2. The van der Waals surface area contributed by atoms with Gasteiger partial charge in [-0.05, 0) is 25.5 Å². The van der Waals surface area contributed by atoms with Gasteiger partial charge in [0.05, 0.1) is 5.25 Å². The third-order valence-electron chi connectivity index (χ3n) is 2.94. The van der Waals surface area contributed by atoms with Crippen molar-refractivity contribution >= 4 is 11.8 Å². The summed E-state index contributed by atoms with van der Waals surface area (Å²) in [5, 5.41) is 3.65. The van der Waals surface area contributed by atoms with Gasteiger partial charge in [-0.1, -0.05) is 11.6 Å². The van der Waals surface area contributed by atoms with Gasteiger partial charge < -0.3 is 10.3 Å². The Labute approximate surface area is 106 Å². The second-order valence-electron chi connectivity index (χ2n) is 4.51.